The van der Waals surface area contributed by atoms with Crippen LogP contribution in [0.3, 0.4) is 0 Å². The number of rotatable bonds is 5. The highest BCUT2D eigenvalue weighted by Crippen LogP contribution is 2.30. The summed E-state index contributed by atoms with van der Waals surface area (Å²) in [5.74, 6) is 0.754. The Labute approximate surface area is 124 Å². The summed E-state index contributed by atoms with van der Waals surface area (Å²) in [5.41, 5.74) is 1.13. The lowest BCUT2D eigenvalue weighted by molar-refractivity contribution is -0.137. The Bertz CT molecular complexity index is 598. The molecular formula is C14H14F3NO2S. The first-order valence-corrected chi connectivity index (χ1v) is 7.36. The van der Waals surface area contributed by atoms with E-state index >= 15 is 0 Å². The summed E-state index contributed by atoms with van der Waals surface area (Å²) in [6.45, 7) is 1.72. The lowest BCUT2D eigenvalue weighted by atomic mass is 10.1. The van der Waals surface area contributed by atoms with E-state index in [0.29, 0.717) is 28.3 Å². The number of aryl methyl sites for hydroxylation is 1. The molecular weight excluding hydrogens is 303 g/mol. The summed E-state index contributed by atoms with van der Waals surface area (Å²) in [5, 5.41) is 13.6. The van der Waals surface area contributed by atoms with Gasteiger partial charge in [0.05, 0.1) is 17.4 Å². The minimum atomic E-state index is -4.33. The molecule has 1 atom stereocenters. The summed E-state index contributed by atoms with van der Waals surface area (Å²) in [7, 11) is 0. The van der Waals surface area contributed by atoms with Crippen LogP contribution in [0.4, 0.5) is 13.2 Å². The molecule has 0 bridgehead atoms. The molecule has 3 nitrogen and oxygen atoms in total. The smallest absolute Gasteiger partial charge is 0.387 e. The molecule has 0 unspecified atom stereocenters. The van der Waals surface area contributed by atoms with Gasteiger partial charge in [-0.05, 0) is 18.6 Å². The van der Waals surface area contributed by atoms with Gasteiger partial charge < -0.3 is 9.63 Å². The van der Waals surface area contributed by atoms with Crippen LogP contribution in [0.25, 0.3) is 0 Å². The fourth-order valence-electron chi connectivity index (χ4n) is 1.84. The Morgan fingerprint density at radius 3 is 2.76 bits per heavy atom. The summed E-state index contributed by atoms with van der Waals surface area (Å²) in [6.07, 6.45) is -3.70. The van der Waals surface area contributed by atoms with Crippen molar-refractivity contribution in [3.63, 3.8) is 0 Å². The lowest BCUT2D eigenvalue weighted by Gasteiger charge is -2.10. The number of aliphatic hydroxyl groups is 1. The van der Waals surface area contributed by atoms with Gasteiger partial charge >= 0.3 is 6.18 Å². The van der Waals surface area contributed by atoms with Crippen LogP contribution in [0.1, 0.15) is 28.5 Å². The molecule has 0 aliphatic carbocycles. The average molecular weight is 317 g/mol. The van der Waals surface area contributed by atoms with E-state index in [2.05, 4.69) is 5.16 Å². The van der Waals surface area contributed by atoms with Crippen LogP contribution in [0, 0.1) is 6.92 Å². The fourth-order valence-corrected chi connectivity index (χ4v) is 2.77. The van der Waals surface area contributed by atoms with E-state index in [1.54, 1.807) is 13.0 Å². The molecule has 2 aromatic rings. The van der Waals surface area contributed by atoms with Crippen LogP contribution in [0.15, 0.2) is 35.1 Å². The minimum Gasteiger partial charge on any atom is -0.387 e. The maximum atomic E-state index is 12.6. The van der Waals surface area contributed by atoms with E-state index in [1.165, 1.54) is 24.1 Å². The second-order valence-electron chi connectivity index (χ2n) is 4.58. The van der Waals surface area contributed by atoms with Crippen molar-refractivity contribution in [2.24, 2.45) is 0 Å². The predicted octanol–water partition coefficient (Wildman–Crippen LogP) is 3.97. The maximum Gasteiger partial charge on any atom is 0.416 e. The molecule has 114 valence electrons. The Morgan fingerprint density at radius 1 is 1.38 bits per heavy atom. The van der Waals surface area contributed by atoms with Crippen molar-refractivity contribution in [1.29, 1.82) is 0 Å². The summed E-state index contributed by atoms with van der Waals surface area (Å²) in [4.78, 5) is 0. The largest absolute Gasteiger partial charge is 0.416 e. The van der Waals surface area contributed by atoms with Crippen LogP contribution in [0.2, 0.25) is 0 Å². The second-order valence-corrected chi connectivity index (χ2v) is 5.61. The molecule has 0 aliphatic rings. The summed E-state index contributed by atoms with van der Waals surface area (Å²) in [6, 6.07) is 5.20. The zero-order valence-electron chi connectivity index (χ0n) is 11.2. The van der Waals surface area contributed by atoms with Crippen LogP contribution in [-0.2, 0) is 11.9 Å². The zero-order valence-corrected chi connectivity index (χ0v) is 12.0. The zero-order chi connectivity index (χ0) is 15.5. The summed E-state index contributed by atoms with van der Waals surface area (Å²) >= 11 is 1.35. The number of benzene rings is 1. The van der Waals surface area contributed by atoms with E-state index in [-0.39, 0.29) is 0 Å². The van der Waals surface area contributed by atoms with Crippen molar-refractivity contribution < 1.29 is 22.8 Å². The van der Waals surface area contributed by atoms with Gasteiger partial charge in [0.2, 0.25) is 0 Å². The molecule has 0 radical (unpaired) electrons. The van der Waals surface area contributed by atoms with Crippen molar-refractivity contribution in [3.8, 4) is 0 Å². The van der Waals surface area contributed by atoms with Crippen molar-refractivity contribution >= 4 is 11.8 Å². The highest BCUT2D eigenvalue weighted by Gasteiger charge is 2.30. The van der Waals surface area contributed by atoms with Crippen molar-refractivity contribution in [2.45, 2.75) is 25.0 Å². The van der Waals surface area contributed by atoms with Crippen LogP contribution in [0.5, 0.6) is 0 Å². The number of nitrogens with zero attached hydrogens (tertiary/aromatic N) is 1. The Kier molecular flexibility index (Phi) is 4.95. The molecule has 0 fully saturated rings. The topological polar surface area (TPSA) is 46.3 Å². The van der Waals surface area contributed by atoms with Gasteiger partial charge in [-0.2, -0.15) is 24.9 Å². The van der Waals surface area contributed by atoms with Gasteiger partial charge in [-0.15, -0.1) is 0 Å². The first kappa shape index (κ1) is 15.9. The third kappa shape index (κ3) is 4.25. The molecule has 1 N–H and O–H groups in total. The molecule has 0 spiro atoms. The molecule has 2 rings (SSSR count). The van der Waals surface area contributed by atoms with Crippen LogP contribution in [-0.4, -0.2) is 16.0 Å². The van der Waals surface area contributed by atoms with E-state index in [9.17, 15) is 18.3 Å². The second kappa shape index (κ2) is 6.53. The van der Waals surface area contributed by atoms with Gasteiger partial charge in [-0.3, -0.25) is 0 Å². The Morgan fingerprint density at radius 2 is 2.14 bits per heavy atom. The fraction of sp³-hybridized carbons (Fsp3) is 0.357. The van der Waals surface area contributed by atoms with Gasteiger partial charge in [-0.25, -0.2) is 0 Å². The molecule has 0 amide bonds. The lowest BCUT2D eigenvalue weighted by Crippen LogP contribution is -2.05. The third-order valence-corrected chi connectivity index (χ3v) is 4.03. The van der Waals surface area contributed by atoms with Crippen LogP contribution >= 0.6 is 11.8 Å². The van der Waals surface area contributed by atoms with Gasteiger partial charge in [0.25, 0.3) is 0 Å². The number of thioether (sulfide) groups is 1. The molecule has 1 heterocycles. The maximum absolute atomic E-state index is 12.6. The van der Waals surface area contributed by atoms with E-state index in [4.69, 9.17) is 4.52 Å². The molecule has 21 heavy (non-hydrogen) atoms. The monoisotopic (exact) mass is 317 g/mol. The number of aliphatic hydroxyl groups excluding tert-OH is 1. The molecule has 0 saturated heterocycles. The van der Waals surface area contributed by atoms with Gasteiger partial charge in [0.15, 0.2) is 0 Å². The predicted molar refractivity (Wildman–Crippen MR) is 73.8 cm³/mol. The summed E-state index contributed by atoms with van der Waals surface area (Å²) < 4.78 is 42.5. The van der Waals surface area contributed by atoms with Crippen molar-refractivity contribution in [1.82, 2.24) is 5.16 Å². The van der Waals surface area contributed by atoms with E-state index in [1.807, 2.05) is 0 Å². The Balaban J connectivity index is 1.91. The van der Waals surface area contributed by atoms with Crippen molar-refractivity contribution in [2.75, 3.05) is 5.75 Å². The normalized spacial score (nSPS) is 13.4. The first-order valence-electron chi connectivity index (χ1n) is 6.20. The Hall–Kier alpha value is -1.47. The third-order valence-electron chi connectivity index (χ3n) is 2.94. The number of hydrogen-bond acceptors (Lipinski definition) is 4. The standard InChI is InChI=1S/C14H14F3NO2S/c1-9-12(6-20-18-9)13(19)8-21-7-10-3-2-4-11(5-10)14(15,16)17/h2-6,13,19H,7-8H2,1H3/t13-/m1/s1. The highest BCUT2D eigenvalue weighted by molar-refractivity contribution is 7.98. The van der Waals surface area contributed by atoms with E-state index < -0.39 is 17.8 Å². The molecule has 0 saturated carbocycles. The van der Waals surface area contributed by atoms with Gasteiger partial charge in [0.1, 0.15) is 6.26 Å². The number of aromatic nitrogens is 1. The average Bonchev–Trinajstić information content (AvgIpc) is 2.84. The van der Waals surface area contributed by atoms with Gasteiger partial charge in [-0.1, -0.05) is 23.4 Å². The molecule has 1 aromatic carbocycles. The van der Waals surface area contributed by atoms with Crippen LogP contribution < -0.4 is 0 Å². The molecule has 0 aliphatic heterocycles. The number of halogens is 3. The van der Waals surface area contributed by atoms with Gasteiger partial charge in [0, 0.05) is 17.1 Å². The minimum absolute atomic E-state index is 0.359. The highest BCUT2D eigenvalue weighted by atomic mass is 32.2. The first-order chi connectivity index (χ1) is 9.88. The van der Waals surface area contributed by atoms with E-state index in [0.717, 1.165) is 12.1 Å². The number of hydrogen-bond donors (Lipinski definition) is 1. The number of alkyl halides is 3. The van der Waals surface area contributed by atoms with Crippen molar-refractivity contribution in [3.05, 3.63) is 52.9 Å². The quantitative estimate of drug-likeness (QED) is 0.906. The molecule has 1 aromatic heterocycles. The SMILES string of the molecule is Cc1nocc1[C@H](O)CSCc1cccc(C(F)(F)F)c1. The molecule has 7 heteroatoms.